The van der Waals surface area contributed by atoms with Crippen LogP contribution in [0.2, 0.25) is 0 Å². The van der Waals surface area contributed by atoms with Gasteiger partial charge in [0.05, 0.1) is 12.5 Å². The highest BCUT2D eigenvalue weighted by atomic mass is 16.1. The molecule has 138 valence electrons. The van der Waals surface area contributed by atoms with E-state index in [9.17, 15) is 4.79 Å². The standard InChI is InChI=1S/C24H26N2O/c25-14-13-18-9-11-20(12-10-18)24(27)21-15-22-7-4-8-23(16-21)26(22)17-19-5-2-1-3-6-19/h1-3,5-6,9-12,21-23H,4,7-8,13,15-17H2. The number of carbonyl (C=O) groups is 1. The first-order valence-corrected chi connectivity index (χ1v) is 10.0. The van der Waals surface area contributed by atoms with Crippen LogP contribution in [-0.2, 0) is 13.0 Å². The zero-order valence-electron chi connectivity index (χ0n) is 15.7. The Morgan fingerprint density at radius 1 is 0.963 bits per heavy atom. The summed E-state index contributed by atoms with van der Waals surface area (Å²) in [6, 6.07) is 21.5. The zero-order valence-corrected chi connectivity index (χ0v) is 15.7. The van der Waals surface area contributed by atoms with Crippen LogP contribution in [0.5, 0.6) is 0 Å². The molecule has 2 heterocycles. The van der Waals surface area contributed by atoms with Gasteiger partial charge in [-0.25, -0.2) is 0 Å². The average Bonchev–Trinajstić information content (AvgIpc) is 2.69. The summed E-state index contributed by atoms with van der Waals surface area (Å²) < 4.78 is 0. The van der Waals surface area contributed by atoms with E-state index < -0.39 is 0 Å². The molecule has 2 fully saturated rings. The van der Waals surface area contributed by atoms with Crippen LogP contribution in [-0.4, -0.2) is 22.8 Å². The van der Waals surface area contributed by atoms with E-state index in [0.717, 1.165) is 30.5 Å². The topological polar surface area (TPSA) is 44.1 Å². The van der Waals surface area contributed by atoms with Crippen LogP contribution in [0.15, 0.2) is 54.6 Å². The number of rotatable bonds is 5. The maximum Gasteiger partial charge on any atom is 0.166 e. The van der Waals surface area contributed by atoms with E-state index >= 15 is 0 Å². The molecule has 2 aromatic rings. The Labute approximate surface area is 161 Å². The fraction of sp³-hybridized carbons (Fsp3) is 0.417. The molecule has 0 aromatic heterocycles. The monoisotopic (exact) mass is 358 g/mol. The Morgan fingerprint density at radius 3 is 2.26 bits per heavy atom. The first-order valence-electron chi connectivity index (χ1n) is 10.0. The summed E-state index contributed by atoms with van der Waals surface area (Å²) in [5.41, 5.74) is 3.15. The molecule has 0 saturated carbocycles. The molecule has 0 radical (unpaired) electrons. The summed E-state index contributed by atoms with van der Waals surface area (Å²) in [6.45, 7) is 1.000. The number of Topliss-reactive ketones (excluding diaryl/α,β-unsaturated/α-hetero) is 1. The molecule has 0 aliphatic carbocycles. The third-order valence-electron chi connectivity index (χ3n) is 6.23. The molecule has 2 saturated heterocycles. The van der Waals surface area contributed by atoms with Gasteiger partial charge in [0.1, 0.15) is 0 Å². The van der Waals surface area contributed by atoms with Gasteiger partial charge in [0, 0.05) is 30.1 Å². The van der Waals surface area contributed by atoms with Crippen molar-refractivity contribution in [2.45, 2.75) is 57.2 Å². The molecule has 27 heavy (non-hydrogen) atoms. The van der Waals surface area contributed by atoms with E-state index in [0.29, 0.717) is 18.5 Å². The number of nitriles is 1. The molecule has 0 spiro atoms. The Kier molecular flexibility index (Phi) is 5.36. The Hall–Kier alpha value is -2.44. The van der Waals surface area contributed by atoms with Crippen LogP contribution in [0.4, 0.5) is 0 Å². The Bertz CT molecular complexity index is 808. The normalized spacial score (nSPS) is 24.9. The molecule has 2 aliphatic rings. The van der Waals surface area contributed by atoms with E-state index in [4.69, 9.17) is 5.26 Å². The summed E-state index contributed by atoms with van der Waals surface area (Å²) >= 11 is 0. The minimum absolute atomic E-state index is 0.133. The number of nitrogens with zero attached hydrogens (tertiary/aromatic N) is 2. The van der Waals surface area contributed by atoms with Gasteiger partial charge in [-0.15, -0.1) is 0 Å². The zero-order chi connectivity index (χ0) is 18.6. The second kappa shape index (κ2) is 8.06. The lowest BCUT2D eigenvalue weighted by Gasteiger charge is -2.48. The number of carbonyl (C=O) groups excluding carboxylic acids is 1. The fourth-order valence-electron chi connectivity index (χ4n) is 4.86. The van der Waals surface area contributed by atoms with Crippen LogP contribution in [0.1, 0.15) is 53.6 Å². The first kappa shape index (κ1) is 17.9. The lowest BCUT2D eigenvalue weighted by Crippen LogP contribution is -2.52. The highest BCUT2D eigenvalue weighted by molar-refractivity contribution is 5.98. The summed E-state index contributed by atoms with van der Waals surface area (Å²) in [5.74, 6) is 0.420. The third-order valence-corrected chi connectivity index (χ3v) is 6.23. The molecule has 0 amide bonds. The van der Waals surface area contributed by atoms with Crippen LogP contribution in [0.25, 0.3) is 0 Å². The molecule has 3 heteroatoms. The summed E-state index contributed by atoms with van der Waals surface area (Å²) in [7, 11) is 0. The van der Waals surface area contributed by atoms with E-state index in [1.165, 1.54) is 24.8 Å². The van der Waals surface area contributed by atoms with Crippen molar-refractivity contribution in [3.8, 4) is 6.07 Å². The van der Waals surface area contributed by atoms with Gasteiger partial charge in [0.2, 0.25) is 0 Å². The van der Waals surface area contributed by atoms with Gasteiger partial charge in [0.25, 0.3) is 0 Å². The van der Waals surface area contributed by atoms with Gasteiger partial charge in [-0.2, -0.15) is 5.26 Å². The van der Waals surface area contributed by atoms with E-state index in [1.54, 1.807) is 0 Å². The largest absolute Gasteiger partial charge is 0.294 e. The second-order valence-electron chi connectivity index (χ2n) is 7.96. The van der Waals surface area contributed by atoms with Gasteiger partial charge >= 0.3 is 0 Å². The SMILES string of the molecule is N#CCc1ccc(C(=O)C2CC3CCCC(C2)N3Cc2ccccc2)cc1. The van der Waals surface area contributed by atoms with Crippen molar-refractivity contribution in [1.82, 2.24) is 4.90 Å². The molecule has 2 unspecified atom stereocenters. The molecule has 0 N–H and O–H groups in total. The van der Waals surface area contributed by atoms with Crippen LogP contribution >= 0.6 is 0 Å². The quantitative estimate of drug-likeness (QED) is 0.723. The lowest BCUT2D eigenvalue weighted by molar-refractivity contribution is 0.00906. The van der Waals surface area contributed by atoms with Crippen LogP contribution in [0.3, 0.4) is 0 Å². The summed E-state index contributed by atoms with van der Waals surface area (Å²) in [6.07, 6.45) is 6.04. The van der Waals surface area contributed by atoms with E-state index in [-0.39, 0.29) is 11.7 Å². The van der Waals surface area contributed by atoms with E-state index in [2.05, 4.69) is 41.3 Å². The van der Waals surface area contributed by atoms with Crippen molar-refractivity contribution in [2.75, 3.05) is 0 Å². The summed E-state index contributed by atoms with van der Waals surface area (Å²) in [4.78, 5) is 15.7. The van der Waals surface area contributed by atoms with Crippen LogP contribution < -0.4 is 0 Å². The number of hydrogen-bond acceptors (Lipinski definition) is 3. The second-order valence-corrected chi connectivity index (χ2v) is 7.96. The number of ketones is 1. The van der Waals surface area contributed by atoms with Gasteiger partial charge in [-0.1, -0.05) is 61.0 Å². The molecule has 3 nitrogen and oxygen atoms in total. The maximum atomic E-state index is 13.1. The van der Waals surface area contributed by atoms with Gasteiger partial charge in [-0.3, -0.25) is 9.69 Å². The molecule has 2 aliphatic heterocycles. The smallest absolute Gasteiger partial charge is 0.166 e. The maximum absolute atomic E-state index is 13.1. The number of hydrogen-bond donors (Lipinski definition) is 0. The van der Waals surface area contributed by atoms with E-state index in [1.807, 2.05) is 24.3 Å². The van der Waals surface area contributed by atoms with Crippen molar-refractivity contribution < 1.29 is 4.79 Å². The molecular formula is C24H26N2O. The van der Waals surface area contributed by atoms with Crippen LogP contribution in [0, 0.1) is 17.2 Å². The number of piperidine rings is 2. The average molecular weight is 358 g/mol. The Balaban J connectivity index is 1.46. The molecule has 2 aromatic carbocycles. The highest BCUT2D eigenvalue weighted by Crippen LogP contribution is 2.39. The lowest BCUT2D eigenvalue weighted by atomic mass is 9.75. The highest BCUT2D eigenvalue weighted by Gasteiger charge is 2.40. The fourth-order valence-corrected chi connectivity index (χ4v) is 4.86. The van der Waals surface area contributed by atoms with Crippen molar-refractivity contribution in [3.63, 3.8) is 0 Å². The Morgan fingerprint density at radius 2 is 1.63 bits per heavy atom. The van der Waals surface area contributed by atoms with Gasteiger partial charge < -0.3 is 0 Å². The summed E-state index contributed by atoms with van der Waals surface area (Å²) in [5, 5.41) is 8.80. The van der Waals surface area contributed by atoms with Crippen molar-refractivity contribution in [1.29, 1.82) is 5.26 Å². The minimum Gasteiger partial charge on any atom is -0.294 e. The molecule has 2 bridgehead atoms. The van der Waals surface area contributed by atoms with Gasteiger partial charge in [-0.05, 0) is 36.8 Å². The third kappa shape index (κ3) is 3.96. The molecular weight excluding hydrogens is 332 g/mol. The predicted molar refractivity (Wildman–Crippen MR) is 106 cm³/mol. The number of benzene rings is 2. The minimum atomic E-state index is 0.133. The van der Waals surface area contributed by atoms with Gasteiger partial charge in [0.15, 0.2) is 5.78 Å². The van der Waals surface area contributed by atoms with Crippen molar-refractivity contribution in [3.05, 3.63) is 71.3 Å². The first-order chi connectivity index (χ1) is 13.2. The molecule has 2 atom stereocenters. The molecule has 4 rings (SSSR count). The number of fused-ring (bicyclic) bond motifs is 2. The van der Waals surface area contributed by atoms with Crippen molar-refractivity contribution in [2.24, 2.45) is 5.92 Å². The van der Waals surface area contributed by atoms with Crippen molar-refractivity contribution >= 4 is 5.78 Å². The predicted octanol–water partition coefficient (Wildman–Crippen LogP) is 4.77.